The van der Waals surface area contributed by atoms with Crippen LogP contribution >= 0.6 is 0 Å². The van der Waals surface area contributed by atoms with Crippen LogP contribution in [0.25, 0.3) is 0 Å². The van der Waals surface area contributed by atoms with Crippen LogP contribution in [0.4, 0.5) is 0 Å². The number of aryl methyl sites for hydroxylation is 1. The van der Waals surface area contributed by atoms with E-state index < -0.39 is 18.0 Å². The molecule has 0 unspecified atom stereocenters. The van der Waals surface area contributed by atoms with E-state index in [4.69, 9.17) is 9.47 Å². The standard InChI is InChI=1S/C31H42N4O6/c1-21(2)19-26-31(39)33-17-8-18-41-27-13-5-4-12-24(27)29(37)35-25(14-15-28(36)34-26)30(38)32-16-7-10-22-9-6-11-23(20-22)40-3/h4-6,9,11-13,20-21,25-26H,7-8,10,14-19H2,1-3H3,(H,32,38)(H,33,39)(H,34,36)(H,35,37)/t25-,26-/m0/s1. The summed E-state index contributed by atoms with van der Waals surface area (Å²) >= 11 is 0. The summed E-state index contributed by atoms with van der Waals surface area (Å²) in [4.78, 5) is 52.1. The number of carbonyl (C=O) groups excluding carboxylic acids is 4. The highest BCUT2D eigenvalue weighted by molar-refractivity contribution is 5.99. The Kier molecular flexibility index (Phi) is 12.5. The van der Waals surface area contributed by atoms with Crippen molar-refractivity contribution in [2.24, 2.45) is 5.92 Å². The predicted octanol–water partition coefficient (Wildman–Crippen LogP) is 2.75. The first kappa shape index (κ1) is 31.4. The number of methoxy groups -OCH3 is 1. The van der Waals surface area contributed by atoms with Crippen LogP contribution in [0.15, 0.2) is 48.5 Å². The molecular weight excluding hydrogens is 524 g/mol. The van der Waals surface area contributed by atoms with E-state index in [-0.39, 0.29) is 43.1 Å². The highest BCUT2D eigenvalue weighted by atomic mass is 16.5. The molecule has 3 rings (SSSR count). The summed E-state index contributed by atoms with van der Waals surface area (Å²) in [6, 6.07) is 12.9. The number of carbonyl (C=O) groups is 4. The Bertz CT molecular complexity index is 1180. The first-order valence-electron chi connectivity index (χ1n) is 14.3. The van der Waals surface area contributed by atoms with Gasteiger partial charge in [-0.05, 0) is 67.9 Å². The maximum absolute atomic E-state index is 13.2. The van der Waals surface area contributed by atoms with Crippen molar-refractivity contribution in [2.75, 3.05) is 26.8 Å². The van der Waals surface area contributed by atoms with E-state index in [2.05, 4.69) is 21.3 Å². The van der Waals surface area contributed by atoms with Gasteiger partial charge < -0.3 is 30.7 Å². The summed E-state index contributed by atoms with van der Waals surface area (Å²) in [5.41, 5.74) is 1.38. The highest BCUT2D eigenvalue weighted by Gasteiger charge is 2.26. The molecule has 1 aliphatic rings. The van der Waals surface area contributed by atoms with Gasteiger partial charge in [0.1, 0.15) is 23.6 Å². The molecule has 10 heteroatoms. The summed E-state index contributed by atoms with van der Waals surface area (Å²) in [5, 5.41) is 11.4. The molecule has 4 N–H and O–H groups in total. The minimum absolute atomic E-state index is 0.0395. The topological polar surface area (TPSA) is 135 Å². The largest absolute Gasteiger partial charge is 0.497 e. The molecule has 0 aliphatic carbocycles. The average Bonchev–Trinajstić information content (AvgIpc) is 2.96. The van der Waals surface area contributed by atoms with Crippen molar-refractivity contribution in [1.82, 2.24) is 21.3 Å². The Balaban J connectivity index is 1.71. The number of para-hydroxylation sites is 1. The van der Waals surface area contributed by atoms with Crippen LogP contribution in [0.5, 0.6) is 11.5 Å². The van der Waals surface area contributed by atoms with Crippen molar-refractivity contribution in [3.05, 3.63) is 59.7 Å². The quantitative estimate of drug-likeness (QED) is 0.363. The number of rotatable bonds is 8. The molecule has 10 nitrogen and oxygen atoms in total. The molecule has 2 atom stereocenters. The van der Waals surface area contributed by atoms with Gasteiger partial charge in [0, 0.05) is 19.5 Å². The molecule has 222 valence electrons. The number of hydrogen-bond donors (Lipinski definition) is 4. The molecule has 4 amide bonds. The van der Waals surface area contributed by atoms with Crippen LogP contribution < -0.4 is 30.7 Å². The normalized spacial score (nSPS) is 18.8. The zero-order chi connectivity index (χ0) is 29.6. The first-order chi connectivity index (χ1) is 19.8. The lowest BCUT2D eigenvalue weighted by atomic mass is 10.0. The van der Waals surface area contributed by atoms with Gasteiger partial charge in [0.05, 0.1) is 19.3 Å². The van der Waals surface area contributed by atoms with E-state index >= 15 is 0 Å². The van der Waals surface area contributed by atoms with E-state index in [1.165, 1.54) is 0 Å². The van der Waals surface area contributed by atoms with Crippen molar-refractivity contribution >= 4 is 23.6 Å². The van der Waals surface area contributed by atoms with E-state index in [0.29, 0.717) is 43.7 Å². The molecule has 1 heterocycles. The van der Waals surface area contributed by atoms with Crippen LogP contribution in [0.3, 0.4) is 0 Å². The Morgan fingerprint density at radius 3 is 2.68 bits per heavy atom. The highest BCUT2D eigenvalue weighted by Crippen LogP contribution is 2.19. The van der Waals surface area contributed by atoms with Crippen LogP contribution in [-0.4, -0.2) is 62.5 Å². The maximum Gasteiger partial charge on any atom is 0.255 e. The molecule has 0 saturated carbocycles. The Morgan fingerprint density at radius 1 is 1.10 bits per heavy atom. The molecule has 0 bridgehead atoms. The third-order valence-corrected chi connectivity index (χ3v) is 6.73. The number of nitrogens with one attached hydrogen (secondary N) is 4. The van der Waals surface area contributed by atoms with E-state index in [1.807, 2.05) is 38.1 Å². The summed E-state index contributed by atoms with van der Waals surface area (Å²) in [5.74, 6) is -0.105. The van der Waals surface area contributed by atoms with E-state index in [0.717, 1.165) is 17.7 Å². The van der Waals surface area contributed by atoms with Gasteiger partial charge >= 0.3 is 0 Å². The minimum Gasteiger partial charge on any atom is -0.497 e. The van der Waals surface area contributed by atoms with Crippen molar-refractivity contribution in [2.45, 2.75) is 64.5 Å². The van der Waals surface area contributed by atoms with Crippen LogP contribution in [0.2, 0.25) is 0 Å². The fourth-order valence-electron chi connectivity index (χ4n) is 4.57. The van der Waals surface area contributed by atoms with E-state index in [9.17, 15) is 19.2 Å². The molecule has 41 heavy (non-hydrogen) atoms. The number of benzene rings is 2. The van der Waals surface area contributed by atoms with Gasteiger partial charge in [-0.1, -0.05) is 38.1 Å². The lowest BCUT2D eigenvalue weighted by molar-refractivity contribution is -0.129. The molecule has 0 aromatic heterocycles. The molecule has 0 radical (unpaired) electrons. The monoisotopic (exact) mass is 566 g/mol. The third-order valence-electron chi connectivity index (χ3n) is 6.73. The zero-order valence-electron chi connectivity index (χ0n) is 24.2. The molecule has 2 aromatic rings. The van der Waals surface area contributed by atoms with Crippen LogP contribution in [0, 0.1) is 5.92 Å². The summed E-state index contributed by atoms with van der Waals surface area (Å²) in [6.45, 7) is 5.01. The second-order valence-electron chi connectivity index (χ2n) is 10.5. The van der Waals surface area contributed by atoms with Crippen molar-refractivity contribution in [1.29, 1.82) is 0 Å². The fourth-order valence-corrected chi connectivity index (χ4v) is 4.57. The average molecular weight is 567 g/mol. The van der Waals surface area contributed by atoms with E-state index in [1.54, 1.807) is 31.4 Å². The predicted molar refractivity (Wildman–Crippen MR) is 156 cm³/mol. The lowest BCUT2D eigenvalue weighted by Gasteiger charge is -2.22. The maximum atomic E-state index is 13.2. The number of hydrogen-bond acceptors (Lipinski definition) is 6. The molecule has 0 saturated heterocycles. The molecule has 1 aliphatic heterocycles. The first-order valence-corrected chi connectivity index (χ1v) is 14.3. The third kappa shape index (κ3) is 10.4. The second kappa shape index (κ2) is 16.2. The van der Waals surface area contributed by atoms with Crippen molar-refractivity contribution in [3.63, 3.8) is 0 Å². The van der Waals surface area contributed by atoms with Crippen LogP contribution in [0.1, 0.15) is 61.9 Å². The van der Waals surface area contributed by atoms with Crippen LogP contribution in [-0.2, 0) is 20.8 Å². The van der Waals surface area contributed by atoms with Gasteiger partial charge in [-0.2, -0.15) is 0 Å². The molecule has 0 fully saturated rings. The Morgan fingerprint density at radius 2 is 1.90 bits per heavy atom. The summed E-state index contributed by atoms with van der Waals surface area (Å²) < 4.78 is 11.1. The summed E-state index contributed by atoms with van der Waals surface area (Å²) in [7, 11) is 1.62. The molecule has 0 spiro atoms. The Labute approximate surface area is 241 Å². The second-order valence-corrected chi connectivity index (χ2v) is 10.5. The van der Waals surface area contributed by atoms with Gasteiger partial charge in [0.2, 0.25) is 17.7 Å². The number of ether oxygens (including phenoxy) is 2. The van der Waals surface area contributed by atoms with Gasteiger partial charge in [0.15, 0.2) is 0 Å². The smallest absolute Gasteiger partial charge is 0.255 e. The molecular formula is C31H42N4O6. The van der Waals surface area contributed by atoms with Gasteiger partial charge in [-0.3, -0.25) is 19.2 Å². The Hall–Kier alpha value is -4.08. The van der Waals surface area contributed by atoms with Gasteiger partial charge in [0.25, 0.3) is 5.91 Å². The number of fused-ring (bicyclic) bond motifs is 1. The SMILES string of the molecule is COc1cccc(CCCNC(=O)[C@@H]2CCC(=O)N[C@@H](CC(C)C)C(=O)NCCCOc3ccccc3C(=O)N2)c1. The van der Waals surface area contributed by atoms with Gasteiger partial charge in [-0.25, -0.2) is 0 Å². The molecule has 2 aromatic carbocycles. The van der Waals surface area contributed by atoms with Crippen molar-refractivity contribution in [3.8, 4) is 11.5 Å². The van der Waals surface area contributed by atoms with Crippen molar-refractivity contribution < 1.29 is 28.7 Å². The number of amides is 4. The van der Waals surface area contributed by atoms with Gasteiger partial charge in [-0.15, -0.1) is 0 Å². The summed E-state index contributed by atoms with van der Waals surface area (Å²) in [6.07, 6.45) is 2.45. The zero-order valence-corrected chi connectivity index (χ0v) is 24.2. The fraction of sp³-hybridized carbons (Fsp3) is 0.484. The lowest BCUT2D eigenvalue weighted by Crippen LogP contribution is -2.49. The minimum atomic E-state index is -0.955.